The molecular formula is C46H29NO. The summed E-state index contributed by atoms with van der Waals surface area (Å²) in [6, 6.07) is 63.4. The van der Waals surface area contributed by atoms with Crippen molar-refractivity contribution in [1.29, 1.82) is 0 Å². The van der Waals surface area contributed by atoms with Crippen molar-refractivity contribution in [3.05, 3.63) is 176 Å². The highest BCUT2D eigenvalue weighted by molar-refractivity contribution is 6.23. The van der Waals surface area contributed by atoms with Crippen molar-refractivity contribution in [2.75, 3.05) is 4.90 Å². The van der Waals surface area contributed by atoms with Gasteiger partial charge in [-0.3, -0.25) is 0 Å². The molecule has 0 saturated heterocycles. The summed E-state index contributed by atoms with van der Waals surface area (Å²) in [5.74, 6) is 0. The molecule has 2 nitrogen and oxygen atoms in total. The van der Waals surface area contributed by atoms with Gasteiger partial charge in [0, 0.05) is 33.3 Å². The first-order chi connectivity index (χ1) is 23.8. The lowest BCUT2D eigenvalue weighted by atomic mass is 9.97. The summed E-state index contributed by atoms with van der Waals surface area (Å²) in [6.07, 6.45) is 0. The van der Waals surface area contributed by atoms with Crippen LogP contribution in [0.15, 0.2) is 180 Å². The Morgan fingerprint density at radius 1 is 0.333 bits per heavy atom. The Kier molecular flexibility index (Phi) is 5.91. The highest BCUT2D eigenvalue weighted by Gasteiger charge is 2.22. The summed E-state index contributed by atoms with van der Waals surface area (Å²) < 4.78 is 6.57. The first-order valence-electron chi connectivity index (χ1n) is 16.4. The molecule has 10 rings (SSSR count). The van der Waals surface area contributed by atoms with Crippen LogP contribution in [-0.4, -0.2) is 0 Å². The molecule has 0 aliphatic rings. The van der Waals surface area contributed by atoms with Crippen LogP contribution in [0.3, 0.4) is 0 Å². The Morgan fingerprint density at radius 3 is 1.69 bits per heavy atom. The smallest absolute Gasteiger partial charge is 0.138 e. The molecule has 0 saturated carbocycles. The Morgan fingerprint density at radius 2 is 0.896 bits per heavy atom. The highest BCUT2D eigenvalue weighted by Crippen LogP contribution is 2.47. The predicted octanol–water partition coefficient (Wildman–Crippen LogP) is 13.3. The predicted molar refractivity (Wildman–Crippen MR) is 204 cm³/mol. The third kappa shape index (κ3) is 4.13. The molecule has 2 heteroatoms. The molecule has 0 spiro atoms. The minimum atomic E-state index is 0.882. The van der Waals surface area contributed by atoms with E-state index < -0.39 is 0 Å². The number of furan rings is 1. The maximum atomic E-state index is 6.57. The lowest BCUT2D eigenvalue weighted by molar-refractivity contribution is 0.669. The van der Waals surface area contributed by atoms with Gasteiger partial charge in [0.1, 0.15) is 11.2 Å². The van der Waals surface area contributed by atoms with Gasteiger partial charge < -0.3 is 9.32 Å². The second-order valence-corrected chi connectivity index (χ2v) is 12.5. The van der Waals surface area contributed by atoms with Crippen LogP contribution < -0.4 is 4.90 Å². The molecule has 224 valence electrons. The van der Waals surface area contributed by atoms with Crippen LogP contribution in [0.5, 0.6) is 0 Å². The van der Waals surface area contributed by atoms with Crippen molar-refractivity contribution in [2.45, 2.75) is 0 Å². The normalized spacial score (nSPS) is 11.8. The Hall–Kier alpha value is -6.38. The van der Waals surface area contributed by atoms with Crippen LogP contribution in [0.1, 0.15) is 0 Å². The summed E-state index contributed by atoms with van der Waals surface area (Å²) in [5.41, 5.74) is 7.47. The van der Waals surface area contributed by atoms with E-state index in [9.17, 15) is 0 Å². The van der Waals surface area contributed by atoms with Crippen LogP contribution in [0, 0.1) is 0 Å². The summed E-state index contributed by atoms with van der Waals surface area (Å²) in [4.78, 5) is 2.42. The van der Waals surface area contributed by atoms with Crippen molar-refractivity contribution in [2.24, 2.45) is 0 Å². The van der Waals surface area contributed by atoms with Crippen molar-refractivity contribution >= 4 is 82.1 Å². The fourth-order valence-electron chi connectivity index (χ4n) is 7.55. The Bertz CT molecular complexity index is 2840. The Balaban J connectivity index is 1.26. The molecule has 48 heavy (non-hydrogen) atoms. The molecule has 1 aromatic heterocycles. The van der Waals surface area contributed by atoms with E-state index in [1.165, 1.54) is 54.2 Å². The third-order valence-corrected chi connectivity index (χ3v) is 9.80. The zero-order valence-corrected chi connectivity index (χ0v) is 26.1. The van der Waals surface area contributed by atoms with Gasteiger partial charge in [-0.05, 0) is 73.8 Å². The van der Waals surface area contributed by atoms with Gasteiger partial charge in [0.05, 0.1) is 11.4 Å². The average molecular weight is 612 g/mol. The molecule has 0 unspecified atom stereocenters. The van der Waals surface area contributed by atoms with Gasteiger partial charge in [0.25, 0.3) is 0 Å². The lowest BCUT2D eigenvalue weighted by Crippen LogP contribution is -2.11. The van der Waals surface area contributed by atoms with Gasteiger partial charge in [-0.25, -0.2) is 0 Å². The molecular weight excluding hydrogens is 583 g/mol. The molecule has 0 atom stereocenters. The van der Waals surface area contributed by atoms with Crippen LogP contribution in [-0.2, 0) is 0 Å². The SMILES string of the molecule is c1ccc2cc(-c3ccc(N(c4cc5ccccc5c5ccccc45)c4cc5oc6ccccc6c5c5ccccc45)cc3)ccc2c1. The van der Waals surface area contributed by atoms with Crippen molar-refractivity contribution in [3.8, 4) is 11.1 Å². The van der Waals surface area contributed by atoms with E-state index in [-0.39, 0.29) is 0 Å². The molecule has 10 aromatic rings. The second kappa shape index (κ2) is 10.6. The van der Waals surface area contributed by atoms with Gasteiger partial charge in [-0.15, -0.1) is 0 Å². The number of nitrogens with zero attached hydrogens (tertiary/aromatic N) is 1. The van der Waals surface area contributed by atoms with E-state index in [0.717, 1.165) is 39.0 Å². The minimum absolute atomic E-state index is 0.882. The van der Waals surface area contributed by atoms with E-state index in [2.05, 4.69) is 175 Å². The molecule has 0 aliphatic heterocycles. The summed E-state index contributed by atoms with van der Waals surface area (Å²) >= 11 is 0. The van der Waals surface area contributed by atoms with Gasteiger partial charge in [0.15, 0.2) is 0 Å². The summed E-state index contributed by atoms with van der Waals surface area (Å²) in [5, 5.41) is 12.0. The van der Waals surface area contributed by atoms with Gasteiger partial charge in [-0.1, -0.05) is 140 Å². The first kappa shape index (κ1) is 26.8. The maximum absolute atomic E-state index is 6.57. The van der Waals surface area contributed by atoms with E-state index >= 15 is 0 Å². The zero-order chi connectivity index (χ0) is 31.6. The number of fused-ring (bicyclic) bond motifs is 9. The Labute approximate surface area is 277 Å². The van der Waals surface area contributed by atoms with Gasteiger partial charge in [0.2, 0.25) is 0 Å². The number of anilines is 3. The molecule has 0 amide bonds. The number of hydrogen-bond acceptors (Lipinski definition) is 2. The quantitative estimate of drug-likeness (QED) is 0.184. The first-order valence-corrected chi connectivity index (χ1v) is 16.4. The molecule has 0 bridgehead atoms. The fourth-order valence-corrected chi connectivity index (χ4v) is 7.55. The van der Waals surface area contributed by atoms with E-state index in [4.69, 9.17) is 4.42 Å². The van der Waals surface area contributed by atoms with Crippen LogP contribution >= 0.6 is 0 Å². The third-order valence-electron chi connectivity index (χ3n) is 9.80. The van der Waals surface area contributed by atoms with Crippen molar-refractivity contribution in [1.82, 2.24) is 0 Å². The summed E-state index contributed by atoms with van der Waals surface area (Å²) in [6.45, 7) is 0. The van der Waals surface area contributed by atoms with Crippen LogP contribution in [0.25, 0.3) is 76.2 Å². The molecule has 0 fully saturated rings. The van der Waals surface area contributed by atoms with E-state index in [0.29, 0.717) is 0 Å². The van der Waals surface area contributed by atoms with Crippen molar-refractivity contribution < 1.29 is 4.42 Å². The van der Waals surface area contributed by atoms with E-state index in [1.54, 1.807) is 0 Å². The summed E-state index contributed by atoms with van der Waals surface area (Å²) in [7, 11) is 0. The average Bonchev–Trinajstić information content (AvgIpc) is 3.54. The lowest BCUT2D eigenvalue weighted by Gasteiger charge is -2.29. The van der Waals surface area contributed by atoms with Crippen LogP contribution in [0.2, 0.25) is 0 Å². The fraction of sp³-hybridized carbons (Fsp3) is 0. The van der Waals surface area contributed by atoms with E-state index in [1.807, 2.05) is 6.07 Å². The van der Waals surface area contributed by atoms with Crippen LogP contribution in [0.4, 0.5) is 17.1 Å². The van der Waals surface area contributed by atoms with Crippen molar-refractivity contribution in [3.63, 3.8) is 0 Å². The minimum Gasteiger partial charge on any atom is -0.456 e. The largest absolute Gasteiger partial charge is 0.456 e. The van der Waals surface area contributed by atoms with Gasteiger partial charge in [-0.2, -0.15) is 0 Å². The molecule has 0 aliphatic carbocycles. The highest BCUT2D eigenvalue weighted by atomic mass is 16.3. The number of para-hydroxylation sites is 1. The number of rotatable bonds is 4. The number of benzene rings is 9. The maximum Gasteiger partial charge on any atom is 0.138 e. The standard InChI is InChI=1S/C46H29NO/c1-2-12-32-27-33(22-21-30(32)11-1)31-23-25-35(26-24-31)47(42-28-34-13-3-4-14-36(34)37-15-5-6-16-38(37)42)43-29-45-46(40-18-8-7-17-39(40)43)41-19-9-10-20-44(41)48-45/h1-29H. The second-order valence-electron chi connectivity index (χ2n) is 12.5. The van der Waals surface area contributed by atoms with Gasteiger partial charge >= 0.3 is 0 Å². The monoisotopic (exact) mass is 611 g/mol. The topological polar surface area (TPSA) is 16.4 Å². The zero-order valence-electron chi connectivity index (χ0n) is 26.1. The molecule has 9 aromatic carbocycles. The molecule has 0 N–H and O–H groups in total. The number of hydrogen-bond donors (Lipinski definition) is 0. The molecule has 1 heterocycles. The molecule has 0 radical (unpaired) electrons.